The molecule has 3 nitrogen and oxygen atoms in total. The number of ketones is 1. The first kappa shape index (κ1) is 12.7. The lowest BCUT2D eigenvalue weighted by molar-refractivity contribution is -0.118. The lowest BCUT2D eigenvalue weighted by atomic mass is 10.1. The summed E-state index contributed by atoms with van der Waals surface area (Å²) in [5.74, 6) is 0.879. The standard InChI is InChI=1S/C12H23NO2/c1-10(2)13-6-4-12(8-13)9-15-7-5-11(3)14/h10,12H,4-9H2,1-3H3/t12-/m0/s1. The van der Waals surface area contributed by atoms with E-state index in [1.54, 1.807) is 6.92 Å². The molecule has 15 heavy (non-hydrogen) atoms. The van der Waals surface area contributed by atoms with Crippen molar-refractivity contribution in [2.75, 3.05) is 26.3 Å². The molecule has 0 aromatic heterocycles. The van der Waals surface area contributed by atoms with Gasteiger partial charge in [-0.2, -0.15) is 0 Å². The maximum Gasteiger partial charge on any atom is 0.132 e. The number of carbonyl (C=O) groups is 1. The summed E-state index contributed by atoms with van der Waals surface area (Å²) in [4.78, 5) is 13.2. The van der Waals surface area contributed by atoms with E-state index in [-0.39, 0.29) is 5.78 Å². The van der Waals surface area contributed by atoms with Crippen molar-refractivity contribution >= 4 is 5.78 Å². The van der Waals surface area contributed by atoms with E-state index in [2.05, 4.69) is 18.7 Å². The maximum absolute atomic E-state index is 10.7. The molecule has 0 aromatic carbocycles. The maximum atomic E-state index is 10.7. The Labute approximate surface area is 92.8 Å². The van der Waals surface area contributed by atoms with Crippen molar-refractivity contribution < 1.29 is 9.53 Å². The lowest BCUT2D eigenvalue weighted by Gasteiger charge is -2.20. The summed E-state index contributed by atoms with van der Waals surface area (Å²) in [7, 11) is 0. The van der Waals surface area contributed by atoms with Crippen LogP contribution in [-0.2, 0) is 9.53 Å². The second kappa shape index (κ2) is 6.23. The molecule has 3 heteroatoms. The number of rotatable bonds is 6. The van der Waals surface area contributed by atoms with E-state index in [1.165, 1.54) is 13.0 Å². The van der Waals surface area contributed by atoms with Gasteiger partial charge in [0.05, 0.1) is 13.2 Å². The molecule has 0 unspecified atom stereocenters. The topological polar surface area (TPSA) is 29.5 Å². The van der Waals surface area contributed by atoms with Crippen LogP contribution in [0.25, 0.3) is 0 Å². The van der Waals surface area contributed by atoms with Crippen molar-refractivity contribution in [2.24, 2.45) is 5.92 Å². The zero-order valence-corrected chi connectivity index (χ0v) is 10.2. The van der Waals surface area contributed by atoms with E-state index in [0.717, 1.165) is 13.2 Å². The summed E-state index contributed by atoms with van der Waals surface area (Å²) in [6.45, 7) is 9.83. The Balaban J connectivity index is 2.06. The minimum absolute atomic E-state index is 0.213. The average molecular weight is 213 g/mol. The largest absolute Gasteiger partial charge is 0.381 e. The second-order valence-corrected chi connectivity index (χ2v) is 4.77. The highest BCUT2D eigenvalue weighted by Crippen LogP contribution is 2.18. The van der Waals surface area contributed by atoms with E-state index >= 15 is 0 Å². The molecular formula is C12H23NO2. The molecule has 88 valence electrons. The summed E-state index contributed by atoms with van der Waals surface area (Å²) >= 11 is 0. The number of carbonyl (C=O) groups excluding carboxylic acids is 1. The summed E-state index contributed by atoms with van der Waals surface area (Å²) in [6, 6.07) is 0.646. The monoisotopic (exact) mass is 213 g/mol. The average Bonchev–Trinajstić information content (AvgIpc) is 2.60. The summed E-state index contributed by atoms with van der Waals surface area (Å²) in [5.41, 5.74) is 0. The molecule has 1 saturated heterocycles. The molecule has 0 amide bonds. The molecular weight excluding hydrogens is 190 g/mol. The van der Waals surface area contributed by atoms with Crippen LogP contribution in [0.5, 0.6) is 0 Å². The van der Waals surface area contributed by atoms with Gasteiger partial charge < -0.3 is 9.64 Å². The van der Waals surface area contributed by atoms with Gasteiger partial charge in [0, 0.05) is 19.0 Å². The van der Waals surface area contributed by atoms with Gasteiger partial charge in [-0.15, -0.1) is 0 Å². The Morgan fingerprint density at radius 3 is 2.80 bits per heavy atom. The Morgan fingerprint density at radius 1 is 1.53 bits per heavy atom. The first-order valence-corrected chi connectivity index (χ1v) is 5.91. The van der Waals surface area contributed by atoms with Crippen LogP contribution in [0.3, 0.4) is 0 Å². The molecule has 0 aromatic rings. The van der Waals surface area contributed by atoms with E-state index in [9.17, 15) is 4.79 Å². The lowest BCUT2D eigenvalue weighted by Crippen LogP contribution is -2.28. The van der Waals surface area contributed by atoms with Crippen LogP contribution >= 0.6 is 0 Å². The highest BCUT2D eigenvalue weighted by atomic mass is 16.5. The Morgan fingerprint density at radius 2 is 2.27 bits per heavy atom. The van der Waals surface area contributed by atoms with Gasteiger partial charge in [0.15, 0.2) is 0 Å². The number of likely N-dealkylation sites (tertiary alicyclic amines) is 1. The van der Waals surface area contributed by atoms with Crippen molar-refractivity contribution in [1.82, 2.24) is 4.90 Å². The summed E-state index contributed by atoms with van der Waals surface area (Å²) in [6.07, 6.45) is 1.79. The number of Topliss-reactive ketones (excluding diaryl/α,β-unsaturated/α-hetero) is 1. The molecule has 1 heterocycles. The third kappa shape index (κ3) is 4.76. The van der Waals surface area contributed by atoms with Crippen molar-refractivity contribution in [2.45, 2.75) is 39.7 Å². The molecule has 1 atom stereocenters. The molecule has 0 saturated carbocycles. The molecule has 1 aliphatic heterocycles. The highest BCUT2D eigenvalue weighted by Gasteiger charge is 2.23. The smallest absolute Gasteiger partial charge is 0.132 e. The molecule has 0 spiro atoms. The van der Waals surface area contributed by atoms with Crippen LogP contribution in [-0.4, -0.2) is 43.0 Å². The van der Waals surface area contributed by atoms with Crippen LogP contribution in [0, 0.1) is 5.92 Å². The fraction of sp³-hybridized carbons (Fsp3) is 0.917. The van der Waals surface area contributed by atoms with Crippen molar-refractivity contribution in [3.05, 3.63) is 0 Å². The van der Waals surface area contributed by atoms with Crippen molar-refractivity contribution in [1.29, 1.82) is 0 Å². The number of ether oxygens (including phenoxy) is 1. The number of nitrogens with zero attached hydrogens (tertiary/aromatic N) is 1. The zero-order valence-electron chi connectivity index (χ0n) is 10.2. The predicted octanol–water partition coefficient (Wildman–Crippen LogP) is 1.71. The molecule has 1 aliphatic rings. The second-order valence-electron chi connectivity index (χ2n) is 4.77. The Bertz CT molecular complexity index is 204. The first-order chi connectivity index (χ1) is 7.09. The molecule has 1 fully saturated rings. The van der Waals surface area contributed by atoms with Gasteiger partial charge in [0.25, 0.3) is 0 Å². The minimum atomic E-state index is 0.213. The van der Waals surface area contributed by atoms with E-state index in [4.69, 9.17) is 4.74 Å². The van der Waals surface area contributed by atoms with E-state index < -0.39 is 0 Å². The molecule has 0 radical (unpaired) electrons. The molecule has 0 aliphatic carbocycles. The van der Waals surface area contributed by atoms with Crippen LogP contribution < -0.4 is 0 Å². The van der Waals surface area contributed by atoms with Gasteiger partial charge in [0.2, 0.25) is 0 Å². The van der Waals surface area contributed by atoms with Crippen molar-refractivity contribution in [3.8, 4) is 0 Å². The van der Waals surface area contributed by atoms with Gasteiger partial charge in [-0.3, -0.25) is 4.79 Å². The van der Waals surface area contributed by atoms with Gasteiger partial charge >= 0.3 is 0 Å². The van der Waals surface area contributed by atoms with Crippen LogP contribution in [0.2, 0.25) is 0 Å². The Kier molecular flexibility index (Phi) is 5.26. The first-order valence-electron chi connectivity index (χ1n) is 5.91. The highest BCUT2D eigenvalue weighted by molar-refractivity contribution is 5.75. The van der Waals surface area contributed by atoms with Gasteiger partial charge in [-0.1, -0.05) is 0 Å². The summed E-state index contributed by atoms with van der Waals surface area (Å²) in [5, 5.41) is 0. The normalized spacial score (nSPS) is 22.5. The zero-order chi connectivity index (χ0) is 11.3. The minimum Gasteiger partial charge on any atom is -0.381 e. The third-order valence-electron chi connectivity index (χ3n) is 3.00. The molecule has 1 rings (SSSR count). The van der Waals surface area contributed by atoms with Crippen LogP contribution in [0.4, 0.5) is 0 Å². The molecule has 0 N–H and O–H groups in total. The van der Waals surface area contributed by atoms with Gasteiger partial charge in [-0.05, 0) is 39.7 Å². The fourth-order valence-corrected chi connectivity index (χ4v) is 1.93. The summed E-state index contributed by atoms with van der Waals surface area (Å²) < 4.78 is 5.51. The van der Waals surface area contributed by atoms with Crippen LogP contribution in [0.1, 0.15) is 33.6 Å². The molecule has 0 bridgehead atoms. The SMILES string of the molecule is CC(=O)CCOC[C@H]1CCN(C(C)C)C1. The van der Waals surface area contributed by atoms with E-state index in [0.29, 0.717) is 25.0 Å². The van der Waals surface area contributed by atoms with Gasteiger partial charge in [0.1, 0.15) is 5.78 Å². The Hall–Kier alpha value is -0.410. The third-order valence-corrected chi connectivity index (χ3v) is 3.00. The number of hydrogen-bond donors (Lipinski definition) is 0. The fourth-order valence-electron chi connectivity index (χ4n) is 1.93. The van der Waals surface area contributed by atoms with Crippen LogP contribution in [0.15, 0.2) is 0 Å². The van der Waals surface area contributed by atoms with E-state index in [1.807, 2.05) is 0 Å². The van der Waals surface area contributed by atoms with Crippen molar-refractivity contribution in [3.63, 3.8) is 0 Å². The predicted molar refractivity (Wildman–Crippen MR) is 60.9 cm³/mol. The number of hydrogen-bond acceptors (Lipinski definition) is 3. The quantitative estimate of drug-likeness (QED) is 0.629. The van der Waals surface area contributed by atoms with Gasteiger partial charge in [-0.25, -0.2) is 0 Å².